The molecule has 3 rings (SSSR count). The lowest BCUT2D eigenvalue weighted by molar-refractivity contribution is 0.454. The number of phenolic OH excluding ortho intramolecular Hbond substituents is 1. The van der Waals surface area contributed by atoms with Crippen LogP contribution in [0.15, 0.2) is 33.6 Å². The fourth-order valence-electron chi connectivity index (χ4n) is 2.41. The molecule has 0 aliphatic rings. The average molecular weight is 460 g/mol. The van der Waals surface area contributed by atoms with Crippen LogP contribution in [0.3, 0.4) is 0 Å². The number of aromatic nitrogens is 2. The molecule has 156 valence electrons. The molecule has 13 heteroatoms. The van der Waals surface area contributed by atoms with Crippen molar-refractivity contribution in [1.82, 2.24) is 13.1 Å². The number of halogens is 1. The second kappa shape index (κ2) is 8.16. The summed E-state index contributed by atoms with van der Waals surface area (Å²) in [5.41, 5.74) is 0.0100. The Morgan fingerprint density at radius 2 is 1.93 bits per heavy atom. The van der Waals surface area contributed by atoms with E-state index >= 15 is 0 Å². The molecule has 0 radical (unpaired) electrons. The van der Waals surface area contributed by atoms with Gasteiger partial charge >= 0.3 is 0 Å². The SMILES string of the molecule is Cc1ccc(CNc2n[s+]([O-])nc2Nc2ccc(Cl)c(S(=O)(=O)N(C)C)c2O)o1. The zero-order valence-electron chi connectivity index (χ0n) is 15.6. The van der Waals surface area contributed by atoms with Gasteiger partial charge in [-0.1, -0.05) is 11.6 Å². The van der Waals surface area contributed by atoms with Gasteiger partial charge in [-0.3, -0.25) is 0 Å². The molecular weight excluding hydrogens is 442 g/mol. The molecule has 0 fully saturated rings. The number of aromatic hydroxyl groups is 1. The summed E-state index contributed by atoms with van der Waals surface area (Å²) in [5.74, 6) is 1.02. The summed E-state index contributed by atoms with van der Waals surface area (Å²) in [6.07, 6.45) is 0. The van der Waals surface area contributed by atoms with Crippen LogP contribution >= 0.6 is 22.7 Å². The lowest BCUT2D eigenvalue weighted by atomic mass is 10.3. The minimum Gasteiger partial charge on any atom is -0.546 e. The monoisotopic (exact) mass is 459 g/mol. The molecule has 2 aromatic heterocycles. The third-order valence-corrected chi connectivity index (χ3v) is 6.86. The summed E-state index contributed by atoms with van der Waals surface area (Å²) in [7, 11) is -1.37. The van der Waals surface area contributed by atoms with Gasteiger partial charge in [0, 0.05) is 22.8 Å². The van der Waals surface area contributed by atoms with Crippen LogP contribution in [-0.2, 0) is 16.6 Å². The van der Waals surface area contributed by atoms with Crippen molar-refractivity contribution < 1.29 is 22.5 Å². The molecule has 0 saturated heterocycles. The van der Waals surface area contributed by atoms with E-state index in [4.69, 9.17) is 16.0 Å². The number of anilines is 3. The molecule has 1 unspecified atom stereocenters. The van der Waals surface area contributed by atoms with Gasteiger partial charge in [0.1, 0.15) is 16.4 Å². The van der Waals surface area contributed by atoms with E-state index in [0.29, 0.717) is 5.76 Å². The van der Waals surface area contributed by atoms with Crippen LogP contribution in [0.1, 0.15) is 11.5 Å². The lowest BCUT2D eigenvalue weighted by Gasteiger charge is -2.16. The first kappa shape index (κ1) is 21.3. The van der Waals surface area contributed by atoms with E-state index in [1.807, 2.05) is 6.92 Å². The average Bonchev–Trinajstić information content (AvgIpc) is 3.20. The quantitative estimate of drug-likeness (QED) is 0.358. The number of furan rings is 1. The summed E-state index contributed by atoms with van der Waals surface area (Å²) in [4.78, 5) is -0.452. The molecule has 0 saturated carbocycles. The standard InChI is InChI=1S/C16H18ClN5O5S2/c1-9-4-5-10(27-9)8-18-15-16(21-28(24)20-15)19-12-7-6-11(17)14(13(12)23)29(25,26)22(2)3/h4-7,23H,8H2,1-3H3,(H,18,20)(H,19,21). The predicted octanol–water partition coefficient (Wildman–Crippen LogP) is 3.07. The number of aryl methyl sites for hydroxylation is 1. The number of hydrogen-bond acceptors (Lipinski definition) is 9. The van der Waals surface area contributed by atoms with E-state index in [1.165, 1.54) is 26.2 Å². The highest BCUT2D eigenvalue weighted by atomic mass is 35.5. The second-order valence-electron chi connectivity index (χ2n) is 6.16. The maximum absolute atomic E-state index is 12.5. The third-order valence-electron chi connectivity index (χ3n) is 3.86. The van der Waals surface area contributed by atoms with Crippen LogP contribution in [0.2, 0.25) is 5.02 Å². The topological polar surface area (TPSA) is 144 Å². The van der Waals surface area contributed by atoms with Gasteiger partial charge in [-0.05, 0) is 31.2 Å². The largest absolute Gasteiger partial charge is 0.546 e. The summed E-state index contributed by atoms with van der Waals surface area (Å²) in [5, 5.41) is 16.1. The van der Waals surface area contributed by atoms with Crippen molar-refractivity contribution in [1.29, 1.82) is 0 Å². The number of nitrogens with zero attached hydrogens (tertiary/aromatic N) is 3. The highest BCUT2D eigenvalue weighted by molar-refractivity contribution is 7.89. The van der Waals surface area contributed by atoms with Gasteiger partial charge in [0.2, 0.25) is 21.7 Å². The Morgan fingerprint density at radius 3 is 2.55 bits per heavy atom. The minimum atomic E-state index is -4.01. The smallest absolute Gasteiger partial charge is 0.247 e. The number of sulfonamides is 1. The minimum absolute atomic E-state index is 0.0100. The number of phenols is 1. The molecule has 10 nitrogen and oxygen atoms in total. The first-order chi connectivity index (χ1) is 13.6. The highest BCUT2D eigenvalue weighted by Crippen LogP contribution is 2.40. The molecule has 29 heavy (non-hydrogen) atoms. The van der Waals surface area contributed by atoms with Crippen LogP contribution in [0.5, 0.6) is 5.75 Å². The van der Waals surface area contributed by atoms with Gasteiger partial charge in [0.15, 0.2) is 16.9 Å². The molecule has 0 aliphatic carbocycles. The van der Waals surface area contributed by atoms with Crippen LogP contribution in [0.25, 0.3) is 0 Å². The Morgan fingerprint density at radius 1 is 1.24 bits per heavy atom. The van der Waals surface area contributed by atoms with Crippen LogP contribution in [0, 0.1) is 6.92 Å². The number of rotatable bonds is 7. The normalized spacial score (nSPS) is 12.4. The van der Waals surface area contributed by atoms with Gasteiger partial charge in [-0.15, -0.1) is 0 Å². The van der Waals surface area contributed by atoms with Crippen molar-refractivity contribution in [2.75, 3.05) is 24.7 Å². The summed E-state index contributed by atoms with van der Waals surface area (Å²) >= 11 is 4.14. The van der Waals surface area contributed by atoms with Crippen LogP contribution in [-0.4, -0.2) is 45.2 Å². The summed E-state index contributed by atoms with van der Waals surface area (Å²) in [6, 6.07) is 6.28. The Labute approximate surface area is 175 Å². The van der Waals surface area contributed by atoms with Crippen molar-refractivity contribution in [2.24, 2.45) is 0 Å². The Bertz CT molecular complexity index is 1140. The number of hydrogen-bond donors (Lipinski definition) is 3. The van der Waals surface area contributed by atoms with E-state index in [1.54, 1.807) is 12.1 Å². The van der Waals surface area contributed by atoms with Gasteiger partial charge < -0.3 is 24.7 Å². The number of benzene rings is 1. The fourth-order valence-corrected chi connectivity index (χ4v) is 4.53. The second-order valence-corrected chi connectivity index (χ2v) is 9.48. The Kier molecular flexibility index (Phi) is 6.00. The molecule has 0 aliphatic heterocycles. The Balaban J connectivity index is 1.91. The van der Waals surface area contributed by atoms with E-state index in [-0.39, 0.29) is 28.9 Å². The lowest BCUT2D eigenvalue weighted by Crippen LogP contribution is -2.22. The maximum atomic E-state index is 12.5. The summed E-state index contributed by atoms with van der Waals surface area (Å²) in [6.45, 7) is 2.07. The molecule has 0 bridgehead atoms. The molecule has 0 spiro atoms. The molecule has 1 atom stereocenters. The molecule has 2 heterocycles. The third kappa shape index (κ3) is 4.46. The van der Waals surface area contributed by atoms with Gasteiger partial charge in [-0.25, -0.2) is 12.7 Å². The molecule has 0 amide bonds. The fraction of sp³-hybridized carbons (Fsp3) is 0.250. The maximum Gasteiger partial charge on any atom is 0.247 e. The predicted molar refractivity (Wildman–Crippen MR) is 109 cm³/mol. The Hall–Kier alpha value is -2.38. The molecular formula is C16H18ClN5O5S2. The first-order valence-electron chi connectivity index (χ1n) is 8.19. The van der Waals surface area contributed by atoms with Crippen molar-refractivity contribution >= 4 is 50.1 Å². The van der Waals surface area contributed by atoms with E-state index < -0.39 is 31.8 Å². The van der Waals surface area contributed by atoms with E-state index in [9.17, 15) is 18.1 Å². The van der Waals surface area contributed by atoms with Crippen molar-refractivity contribution in [3.63, 3.8) is 0 Å². The first-order valence-corrected chi connectivity index (χ1v) is 11.1. The van der Waals surface area contributed by atoms with Crippen molar-refractivity contribution in [3.8, 4) is 5.75 Å². The van der Waals surface area contributed by atoms with Gasteiger partial charge in [-0.2, -0.15) is 0 Å². The zero-order chi connectivity index (χ0) is 21.3. The molecule has 1 aromatic carbocycles. The zero-order valence-corrected chi connectivity index (χ0v) is 18.0. The van der Waals surface area contributed by atoms with E-state index in [2.05, 4.69) is 19.4 Å². The van der Waals surface area contributed by atoms with Crippen LogP contribution < -0.4 is 10.6 Å². The molecule has 3 N–H and O–H groups in total. The van der Waals surface area contributed by atoms with Gasteiger partial charge in [0.25, 0.3) is 0 Å². The molecule has 3 aromatic rings. The highest BCUT2D eigenvalue weighted by Gasteiger charge is 2.28. The van der Waals surface area contributed by atoms with E-state index in [0.717, 1.165) is 10.1 Å². The van der Waals surface area contributed by atoms with Gasteiger partial charge in [0.05, 0.1) is 17.3 Å². The van der Waals surface area contributed by atoms with Crippen LogP contribution in [0.4, 0.5) is 17.3 Å². The summed E-state index contributed by atoms with van der Waals surface area (Å²) < 4.78 is 50.8. The van der Waals surface area contributed by atoms with Crippen molar-refractivity contribution in [2.45, 2.75) is 18.4 Å². The van der Waals surface area contributed by atoms with Crippen molar-refractivity contribution in [3.05, 3.63) is 40.8 Å². The number of nitrogens with one attached hydrogen (secondary N) is 2.